The van der Waals surface area contributed by atoms with Crippen molar-refractivity contribution in [2.75, 3.05) is 4.72 Å². The minimum Gasteiger partial charge on any atom is -0.279 e. The lowest BCUT2D eigenvalue weighted by Crippen LogP contribution is -2.28. The first-order chi connectivity index (χ1) is 11.3. The average molecular weight is 363 g/mol. The normalized spacial score (nSPS) is 11.8. The summed E-state index contributed by atoms with van der Waals surface area (Å²) in [6.07, 6.45) is 0.678. The summed E-state index contributed by atoms with van der Waals surface area (Å²) in [6, 6.07) is 7.13. The second-order valence-electron chi connectivity index (χ2n) is 5.44. The Balaban J connectivity index is 2.19. The zero-order valence-corrected chi connectivity index (χ0v) is 15.2. The molecule has 0 aliphatic carbocycles. The van der Waals surface area contributed by atoms with E-state index in [0.717, 1.165) is 5.56 Å². The van der Waals surface area contributed by atoms with Gasteiger partial charge in [0, 0.05) is 11.1 Å². The van der Waals surface area contributed by atoms with Crippen molar-refractivity contribution in [1.29, 1.82) is 0 Å². The van der Waals surface area contributed by atoms with E-state index in [1.807, 2.05) is 19.1 Å². The van der Waals surface area contributed by atoms with Gasteiger partial charge in [-0.05, 0) is 31.9 Å². The monoisotopic (exact) mass is 363 g/mol. The number of hydrogen-bond acceptors (Lipinski definition) is 5. The molecule has 0 aliphatic rings. The van der Waals surface area contributed by atoms with Crippen LogP contribution < -0.4 is 10.3 Å². The SMILES string of the molecule is CCc1ccccc1NS(=O)(=O)c1c(C)nc2scc(C)n2c1=O. The van der Waals surface area contributed by atoms with Crippen LogP contribution in [0.2, 0.25) is 0 Å². The van der Waals surface area contributed by atoms with Crippen molar-refractivity contribution in [3.05, 3.63) is 57.0 Å². The van der Waals surface area contributed by atoms with Gasteiger partial charge in [0.15, 0.2) is 9.86 Å². The van der Waals surface area contributed by atoms with Gasteiger partial charge in [0.2, 0.25) is 0 Å². The second-order valence-corrected chi connectivity index (χ2v) is 7.90. The third kappa shape index (κ3) is 2.71. The van der Waals surface area contributed by atoms with E-state index in [0.29, 0.717) is 22.8 Å². The Kier molecular flexibility index (Phi) is 4.18. The molecule has 0 fully saturated rings. The summed E-state index contributed by atoms with van der Waals surface area (Å²) in [5, 5.41) is 1.78. The molecule has 24 heavy (non-hydrogen) atoms. The van der Waals surface area contributed by atoms with Crippen LogP contribution in [0, 0.1) is 13.8 Å². The molecule has 1 aromatic carbocycles. The lowest BCUT2D eigenvalue weighted by atomic mass is 10.1. The number of nitrogens with zero attached hydrogens (tertiary/aromatic N) is 2. The van der Waals surface area contributed by atoms with Crippen molar-refractivity contribution in [3.63, 3.8) is 0 Å². The van der Waals surface area contributed by atoms with Crippen molar-refractivity contribution < 1.29 is 8.42 Å². The molecule has 0 atom stereocenters. The average Bonchev–Trinajstić information content (AvgIpc) is 2.88. The maximum absolute atomic E-state index is 12.8. The number of nitrogens with one attached hydrogen (secondary N) is 1. The zero-order valence-electron chi connectivity index (χ0n) is 13.5. The molecule has 0 amide bonds. The van der Waals surface area contributed by atoms with E-state index in [4.69, 9.17) is 0 Å². The van der Waals surface area contributed by atoms with Gasteiger partial charge in [-0.15, -0.1) is 11.3 Å². The van der Waals surface area contributed by atoms with Crippen LogP contribution in [0.1, 0.15) is 23.9 Å². The van der Waals surface area contributed by atoms with Crippen LogP contribution in [0.4, 0.5) is 5.69 Å². The van der Waals surface area contributed by atoms with Gasteiger partial charge in [-0.25, -0.2) is 13.4 Å². The van der Waals surface area contributed by atoms with E-state index in [-0.39, 0.29) is 10.6 Å². The highest BCUT2D eigenvalue weighted by molar-refractivity contribution is 7.92. The fourth-order valence-corrected chi connectivity index (χ4v) is 4.85. The van der Waals surface area contributed by atoms with Crippen LogP contribution in [-0.2, 0) is 16.4 Å². The highest BCUT2D eigenvalue weighted by Gasteiger charge is 2.25. The van der Waals surface area contributed by atoms with E-state index in [2.05, 4.69) is 9.71 Å². The van der Waals surface area contributed by atoms with Crippen molar-refractivity contribution in [2.45, 2.75) is 32.1 Å². The van der Waals surface area contributed by atoms with Gasteiger partial charge < -0.3 is 0 Å². The van der Waals surface area contributed by atoms with Crippen molar-refractivity contribution >= 4 is 32.0 Å². The lowest BCUT2D eigenvalue weighted by Gasteiger charge is -2.12. The molecule has 0 saturated carbocycles. The van der Waals surface area contributed by atoms with E-state index in [9.17, 15) is 13.2 Å². The molecule has 0 bridgehead atoms. The van der Waals surface area contributed by atoms with E-state index < -0.39 is 15.6 Å². The Morgan fingerprint density at radius 2 is 1.96 bits per heavy atom. The number of fused-ring (bicyclic) bond motifs is 1. The van der Waals surface area contributed by atoms with Gasteiger partial charge in [-0.1, -0.05) is 25.1 Å². The quantitative estimate of drug-likeness (QED) is 0.773. The van der Waals surface area contributed by atoms with Gasteiger partial charge in [0.05, 0.1) is 11.4 Å². The van der Waals surface area contributed by atoms with Crippen LogP contribution in [0.3, 0.4) is 0 Å². The Hall–Kier alpha value is -2.19. The fourth-order valence-electron chi connectivity index (χ4n) is 2.60. The molecule has 2 aromatic heterocycles. The highest BCUT2D eigenvalue weighted by Crippen LogP contribution is 2.21. The lowest BCUT2D eigenvalue weighted by molar-refractivity contribution is 0.598. The number of aromatic nitrogens is 2. The predicted octanol–water partition coefficient (Wildman–Crippen LogP) is 2.74. The first-order valence-electron chi connectivity index (χ1n) is 7.43. The second kappa shape index (κ2) is 6.03. The molecule has 0 unspecified atom stereocenters. The van der Waals surface area contributed by atoms with E-state index in [1.165, 1.54) is 22.7 Å². The third-order valence-corrected chi connectivity index (χ3v) is 6.22. The Morgan fingerprint density at radius 3 is 2.67 bits per heavy atom. The third-order valence-electron chi connectivity index (χ3n) is 3.78. The van der Waals surface area contributed by atoms with Crippen LogP contribution in [0.15, 0.2) is 39.3 Å². The molecule has 0 saturated heterocycles. The van der Waals surface area contributed by atoms with E-state index in [1.54, 1.807) is 24.4 Å². The van der Waals surface area contributed by atoms with Crippen LogP contribution in [0.5, 0.6) is 0 Å². The molecule has 6 nitrogen and oxygen atoms in total. The number of para-hydroxylation sites is 1. The summed E-state index contributed by atoms with van der Waals surface area (Å²) in [5.41, 5.74) is 1.63. The number of anilines is 1. The topological polar surface area (TPSA) is 80.5 Å². The van der Waals surface area contributed by atoms with Crippen molar-refractivity contribution in [1.82, 2.24) is 9.38 Å². The molecular weight excluding hydrogens is 346 g/mol. The maximum atomic E-state index is 12.8. The molecule has 8 heteroatoms. The maximum Gasteiger partial charge on any atom is 0.279 e. The number of aryl methyl sites for hydroxylation is 3. The van der Waals surface area contributed by atoms with Crippen molar-refractivity contribution in [3.8, 4) is 0 Å². The summed E-state index contributed by atoms with van der Waals surface area (Å²) in [4.78, 5) is 17.2. The van der Waals surface area contributed by atoms with E-state index >= 15 is 0 Å². The smallest absolute Gasteiger partial charge is 0.279 e. The number of rotatable bonds is 4. The fraction of sp³-hybridized carbons (Fsp3) is 0.250. The molecule has 126 valence electrons. The summed E-state index contributed by atoms with van der Waals surface area (Å²) in [6.45, 7) is 5.23. The predicted molar refractivity (Wildman–Crippen MR) is 95.4 cm³/mol. The molecule has 0 aliphatic heterocycles. The van der Waals surface area contributed by atoms with Crippen LogP contribution >= 0.6 is 11.3 Å². The van der Waals surface area contributed by atoms with Gasteiger partial charge in [0.1, 0.15) is 0 Å². The van der Waals surface area contributed by atoms with Crippen molar-refractivity contribution in [2.24, 2.45) is 0 Å². The van der Waals surface area contributed by atoms with Gasteiger partial charge >= 0.3 is 0 Å². The summed E-state index contributed by atoms with van der Waals surface area (Å²) >= 11 is 1.31. The number of benzene rings is 1. The standard InChI is InChI=1S/C16H17N3O3S2/c1-4-12-7-5-6-8-13(12)18-24(21,22)14-11(3)17-16-19(15(14)20)10(2)9-23-16/h5-9,18H,4H2,1-3H3. The highest BCUT2D eigenvalue weighted by atomic mass is 32.2. The number of sulfonamides is 1. The van der Waals surface area contributed by atoms with Gasteiger partial charge in [-0.2, -0.15) is 0 Å². The molecular formula is C16H17N3O3S2. The summed E-state index contributed by atoms with van der Waals surface area (Å²) in [7, 11) is -4.03. The zero-order chi connectivity index (χ0) is 17.5. The number of hydrogen-bond donors (Lipinski definition) is 1. The Bertz CT molecular complexity index is 1080. The van der Waals surface area contributed by atoms with Gasteiger partial charge in [-0.3, -0.25) is 13.9 Å². The minimum absolute atomic E-state index is 0.198. The Morgan fingerprint density at radius 1 is 1.25 bits per heavy atom. The first kappa shape index (κ1) is 16.7. The molecule has 0 radical (unpaired) electrons. The number of thiazole rings is 1. The van der Waals surface area contributed by atoms with Gasteiger partial charge in [0.25, 0.3) is 15.6 Å². The first-order valence-corrected chi connectivity index (χ1v) is 9.79. The molecule has 2 heterocycles. The summed E-state index contributed by atoms with van der Waals surface area (Å²) in [5.74, 6) is 0. The largest absolute Gasteiger partial charge is 0.279 e. The molecule has 3 rings (SSSR count). The molecule has 1 N–H and O–H groups in total. The van der Waals surface area contributed by atoms with Crippen LogP contribution in [-0.4, -0.2) is 17.8 Å². The summed E-state index contributed by atoms with van der Waals surface area (Å²) < 4.78 is 29.5. The molecule has 3 aromatic rings. The van der Waals surface area contributed by atoms with Crippen LogP contribution in [0.25, 0.3) is 4.96 Å². The minimum atomic E-state index is -4.03. The molecule has 0 spiro atoms. The Labute approximate surface area is 143 Å².